The van der Waals surface area contributed by atoms with Gasteiger partial charge in [-0.3, -0.25) is 4.79 Å². The Balaban J connectivity index is 1.71. The highest BCUT2D eigenvalue weighted by atomic mass is 16.2. The summed E-state index contributed by atoms with van der Waals surface area (Å²) in [5.41, 5.74) is -0.115. The van der Waals surface area contributed by atoms with Gasteiger partial charge in [-0.15, -0.1) is 0 Å². The lowest BCUT2D eigenvalue weighted by Gasteiger charge is -2.28. The molecule has 1 saturated heterocycles. The smallest absolute Gasteiger partial charge is 0.227 e. The van der Waals surface area contributed by atoms with E-state index >= 15 is 0 Å². The summed E-state index contributed by atoms with van der Waals surface area (Å²) in [6.45, 7) is 7.28. The quantitative estimate of drug-likeness (QED) is 0.785. The monoisotopic (exact) mass is 280 g/mol. The van der Waals surface area contributed by atoms with Crippen molar-refractivity contribution in [2.75, 3.05) is 19.6 Å². The van der Waals surface area contributed by atoms with Crippen LogP contribution in [0.1, 0.15) is 65.2 Å². The van der Waals surface area contributed by atoms with Gasteiger partial charge in [0, 0.05) is 13.1 Å². The highest BCUT2D eigenvalue weighted by Crippen LogP contribution is 2.32. The second kappa shape index (κ2) is 7.44. The van der Waals surface area contributed by atoms with Crippen molar-refractivity contribution < 1.29 is 4.79 Å². The zero-order chi connectivity index (χ0) is 14.4. The summed E-state index contributed by atoms with van der Waals surface area (Å²) >= 11 is 0. The normalized spacial score (nSPS) is 34.1. The van der Waals surface area contributed by atoms with E-state index in [1.807, 2.05) is 0 Å². The van der Waals surface area contributed by atoms with Crippen LogP contribution in [0.2, 0.25) is 0 Å². The average molecular weight is 280 g/mol. The van der Waals surface area contributed by atoms with Crippen molar-refractivity contribution in [2.24, 2.45) is 17.3 Å². The number of hydrogen-bond donors (Lipinski definition) is 2. The lowest BCUT2D eigenvalue weighted by atomic mass is 9.80. The van der Waals surface area contributed by atoms with Gasteiger partial charge in [0.15, 0.2) is 0 Å². The second-order valence-electron chi connectivity index (χ2n) is 7.13. The molecule has 1 aliphatic heterocycles. The van der Waals surface area contributed by atoms with Crippen molar-refractivity contribution in [1.29, 1.82) is 0 Å². The van der Waals surface area contributed by atoms with Gasteiger partial charge in [0.05, 0.1) is 5.41 Å². The van der Waals surface area contributed by atoms with Gasteiger partial charge in [-0.2, -0.15) is 0 Å². The first-order chi connectivity index (χ1) is 9.66. The molecule has 1 heterocycles. The Hall–Kier alpha value is -0.570. The molecule has 0 aromatic carbocycles. The zero-order valence-corrected chi connectivity index (χ0v) is 13.3. The van der Waals surface area contributed by atoms with Crippen LogP contribution < -0.4 is 10.6 Å². The Morgan fingerprint density at radius 1 is 1.30 bits per heavy atom. The van der Waals surface area contributed by atoms with Crippen molar-refractivity contribution in [3.05, 3.63) is 0 Å². The molecular weight excluding hydrogens is 248 g/mol. The van der Waals surface area contributed by atoms with Crippen molar-refractivity contribution in [1.82, 2.24) is 10.6 Å². The first-order valence-corrected chi connectivity index (χ1v) is 8.65. The van der Waals surface area contributed by atoms with Crippen LogP contribution in [-0.2, 0) is 4.79 Å². The molecule has 0 bridgehead atoms. The lowest BCUT2D eigenvalue weighted by molar-refractivity contribution is -0.130. The van der Waals surface area contributed by atoms with E-state index in [0.29, 0.717) is 5.91 Å². The number of nitrogens with one attached hydrogen (secondary N) is 2. The maximum absolute atomic E-state index is 12.5. The Morgan fingerprint density at radius 3 is 2.65 bits per heavy atom. The van der Waals surface area contributed by atoms with Gasteiger partial charge in [0.1, 0.15) is 0 Å². The Labute approximate surface area is 124 Å². The molecule has 2 fully saturated rings. The Morgan fingerprint density at radius 2 is 2.05 bits per heavy atom. The van der Waals surface area contributed by atoms with Crippen LogP contribution in [-0.4, -0.2) is 25.5 Å². The van der Waals surface area contributed by atoms with Crippen molar-refractivity contribution >= 4 is 5.91 Å². The predicted molar refractivity (Wildman–Crippen MR) is 83.6 cm³/mol. The molecule has 0 aromatic heterocycles. The molecule has 3 nitrogen and oxygen atoms in total. The first kappa shape index (κ1) is 15.8. The van der Waals surface area contributed by atoms with E-state index in [1.54, 1.807) is 0 Å². The fourth-order valence-corrected chi connectivity index (χ4v) is 3.94. The highest BCUT2D eigenvalue weighted by Gasteiger charge is 2.39. The molecule has 1 saturated carbocycles. The number of carbonyl (C=O) groups excluding carboxylic acids is 1. The third-order valence-electron chi connectivity index (χ3n) is 5.43. The van der Waals surface area contributed by atoms with Crippen LogP contribution in [0.3, 0.4) is 0 Å². The van der Waals surface area contributed by atoms with Crippen molar-refractivity contribution in [2.45, 2.75) is 65.2 Å². The summed E-state index contributed by atoms with van der Waals surface area (Å²) < 4.78 is 0. The fraction of sp³-hybridized carbons (Fsp3) is 0.941. The SMILES string of the molecule is CCCC1(C(=O)NCCC2CCC(C)CC2)CCNC1. The predicted octanol–water partition coefficient (Wildman–Crippen LogP) is 3.10. The minimum atomic E-state index is -0.115. The second-order valence-corrected chi connectivity index (χ2v) is 7.13. The van der Waals surface area contributed by atoms with Gasteiger partial charge in [0.2, 0.25) is 5.91 Å². The van der Waals surface area contributed by atoms with Gasteiger partial charge < -0.3 is 10.6 Å². The van der Waals surface area contributed by atoms with E-state index in [9.17, 15) is 4.79 Å². The van der Waals surface area contributed by atoms with Crippen LogP contribution in [0.25, 0.3) is 0 Å². The average Bonchev–Trinajstić information content (AvgIpc) is 2.91. The summed E-state index contributed by atoms with van der Waals surface area (Å²) in [7, 11) is 0. The van der Waals surface area contributed by atoms with Crippen LogP contribution in [0.4, 0.5) is 0 Å². The fourth-order valence-electron chi connectivity index (χ4n) is 3.94. The van der Waals surface area contributed by atoms with Crippen LogP contribution >= 0.6 is 0 Å². The topological polar surface area (TPSA) is 41.1 Å². The third kappa shape index (κ3) is 3.97. The molecule has 0 radical (unpaired) electrons. The van der Waals surface area contributed by atoms with E-state index in [2.05, 4.69) is 24.5 Å². The standard InChI is InChI=1S/C17H32N2O/c1-3-9-17(10-12-18-13-17)16(20)19-11-8-15-6-4-14(2)5-7-15/h14-15,18H,3-13H2,1-2H3,(H,19,20). The summed E-state index contributed by atoms with van der Waals surface area (Å²) in [6.07, 6.45) is 9.77. The highest BCUT2D eigenvalue weighted by molar-refractivity contribution is 5.83. The molecule has 2 N–H and O–H groups in total. The lowest BCUT2D eigenvalue weighted by Crippen LogP contribution is -2.43. The molecule has 2 rings (SSSR count). The third-order valence-corrected chi connectivity index (χ3v) is 5.43. The van der Waals surface area contributed by atoms with Gasteiger partial charge in [0.25, 0.3) is 0 Å². The molecule has 1 aliphatic carbocycles. The van der Waals surface area contributed by atoms with E-state index in [1.165, 1.54) is 32.1 Å². The van der Waals surface area contributed by atoms with E-state index in [-0.39, 0.29) is 5.41 Å². The van der Waals surface area contributed by atoms with Crippen LogP contribution in [0.5, 0.6) is 0 Å². The summed E-state index contributed by atoms with van der Waals surface area (Å²) in [4.78, 5) is 12.5. The number of hydrogen-bond acceptors (Lipinski definition) is 2. The molecule has 1 unspecified atom stereocenters. The molecule has 20 heavy (non-hydrogen) atoms. The van der Waals surface area contributed by atoms with Crippen molar-refractivity contribution in [3.63, 3.8) is 0 Å². The number of rotatable bonds is 6. The van der Waals surface area contributed by atoms with Crippen LogP contribution in [0.15, 0.2) is 0 Å². The van der Waals surface area contributed by atoms with Crippen molar-refractivity contribution in [3.8, 4) is 0 Å². The summed E-state index contributed by atoms with van der Waals surface area (Å²) in [6, 6.07) is 0. The van der Waals surface area contributed by atoms with E-state index < -0.39 is 0 Å². The summed E-state index contributed by atoms with van der Waals surface area (Å²) in [5, 5.41) is 6.59. The Bertz CT molecular complexity index is 302. The zero-order valence-electron chi connectivity index (χ0n) is 13.3. The molecule has 1 atom stereocenters. The van der Waals surface area contributed by atoms with Gasteiger partial charge in [-0.25, -0.2) is 0 Å². The molecular formula is C17H32N2O. The maximum Gasteiger partial charge on any atom is 0.227 e. The van der Waals surface area contributed by atoms with Gasteiger partial charge >= 0.3 is 0 Å². The number of carbonyl (C=O) groups is 1. The largest absolute Gasteiger partial charge is 0.356 e. The van der Waals surface area contributed by atoms with E-state index in [4.69, 9.17) is 0 Å². The molecule has 3 heteroatoms. The van der Waals surface area contributed by atoms with Gasteiger partial charge in [-0.05, 0) is 37.6 Å². The minimum absolute atomic E-state index is 0.115. The van der Waals surface area contributed by atoms with E-state index in [0.717, 1.165) is 50.7 Å². The minimum Gasteiger partial charge on any atom is -0.356 e. The summed E-state index contributed by atoms with van der Waals surface area (Å²) in [5.74, 6) is 2.06. The number of amides is 1. The first-order valence-electron chi connectivity index (χ1n) is 8.65. The molecule has 1 amide bonds. The molecule has 2 aliphatic rings. The molecule has 0 spiro atoms. The van der Waals surface area contributed by atoms with Crippen LogP contribution in [0, 0.1) is 17.3 Å². The van der Waals surface area contributed by atoms with Gasteiger partial charge in [-0.1, -0.05) is 46.0 Å². The molecule has 0 aromatic rings. The molecule has 116 valence electrons. The Kier molecular flexibility index (Phi) is 5.88. The maximum atomic E-state index is 12.5.